The lowest BCUT2D eigenvalue weighted by Gasteiger charge is -2.37. The molecule has 1 atom stereocenters. The van der Waals surface area contributed by atoms with Gasteiger partial charge in [-0.2, -0.15) is 0 Å². The highest BCUT2D eigenvalue weighted by Gasteiger charge is 2.25. The van der Waals surface area contributed by atoms with Crippen molar-refractivity contribution in [2.45, 2.75) is 32.4 Å². The van der Waals surface area contributed by atoms with Crippen molar-refractivity contribution >= 4 is 23.0 Å². The SMILES string of the molecule is CNCc1ccc(N2c3ccccc3CCC2C)c(Cl)c1. The fourth-order valence-electron chi connectivity index (χ4n) is 3.12. The number of hydrogen-bond donors (Lipinski definition) is 1. The summed E-state index contributed by atoms with van der Waals surface area (Å²) in [5, 5.41) is 3.99. The van der Waals surface area contributed by atoms with Gasteiger partial charge in [0, 0.05) is 18.3 Å². The van der Waals surface area contributed by atoms with Gasteiger partial charge in [0.25, 0.3) is 0 Å². The third-order valence-electron chi connectivity index (χ3n) is 4.18. The number of rotatable bonds is 3. The van der Waals surface area contributed by atoms with Gasteiger partial charge in [0.1, 0.15) is 0 Å². The molecule has 0 aliphatic carbocycles. The van der Waals surface area contributed by atoms with E-state index in [1.54, 1.807) is 0 Å². The van der Waals surface area contributed by atoms with Crippen LogP contribution in [0.3, 0.4) is 0 Å². The molecule has 3 heteroatoms. The zero-order valence-corrected chi connectivity index (χ0v) is 13.3. The number of anilines is 2. The van der Waals surface area contributed by atoms with E-state index >= 15 is 0 Å². The Hall–Kier alpha value is -1.51. The van der Waals surface area contributed by atoms with Gasteiger partial charge < -0.3 is 10.2 Å². The molecule has 0 amide bonds. The van der Waals surface area contributed by atoms with Gasteiger partial charge in [-0.3, -0.25) is 0 Å². The molecule has 0 saturated heterocycles. The minimum Gasteiger partial charge on any atom is -0.337 e. The van der Waals surface area contributed by atoms with Gasteiger partial charge in [-0.05, 0) is 56.1 Å². The normalized spacial score (nSPS) is 17.7. The molecular formula is C18H21ClN2. The number of para-hydroxylation sites is 1. The molecule has 3 rings (SSSR count). The molecule has 0 saturated carbocycles. The van der Waals surface area contributed by atoms with Crippen LogP contribution in [0.2, 0.25) is 5.02 Å². The zero-order valence-electron chi connectivity index (χ0n) is 12.6. The third-order valence-corrected chi connectivity index (χ3v) is 4.48. The first-order valence-electron chi connectivity index (χ1n) is 7.51. The van der Waals surface area contributed by atoms with Crippen LogP contribution < -0.4 is 10.2 Å². The van der Waals surface area contributed by atoms with Crippen LogP contribution in [0.4, 0.5) is 11.4 Å². The number of fused-ring (bicyclic) bond motifs is 1. The molecule has 1 aliphatic rings. The van der Waals surface area contributed by atoms with Crippen molar-refractivity contribution in [3.63, 3.8) is 0 Å². The zero-order chi connectivity index (χ0) is 14.8. The van der Waals surface area contributed by atoms with Crippen LogP contribution >= 0.6 is 11.6 Å². The second-order valence-electron chi connectivity index (χ2n) is 5.70. The highest BCUT2D eigenvalue weighted by molar-refractivity contribution is 6.33. The predicted octanol–water partition coefficient (Wildman–Crippen LogP) is 4.53. The summed E-state index contributed by atoms with van der Waals surface area (Å²) in [6.45, 7) is 3.11. The number of benzene rings is 2. The average molecular weight is 301 g/mol. The minimum atomic E-state index is 0.465. The van der Waals surface area contributed by atoms with Crippen LogP contribution in [0.25, 0.3) is 0 Å². The van der Waals surface area contributed by atoms with E-state index in [1.165, 1.54) is 16.8 Å². The maximum Gasteiger partial charge on any atom is 0.0646 e. The van der Waals surface area contributed by atoms with Crippen LogP contribution in [0, 0.1) is 0 Å². The Kier molecular flexibility index (Phi) is 4.18. The van der Waals surface area contributed by atoms with Gasteiger partial charge in [0.2, 0.25) is 0 Å². The molecule has 110 valence electrons. The van der Waals surface area contributed by atoms with Crippen molar-refractivity contribution in [2.24, 2.45) is 0 Å². The summed E-state index contributed by atoms with van der Waals surface area (Å²) in [5.41, 5.74) is 5.02. The van der Waals surface area contributed by atoms with E-state index < -0.39 is 0 Å². The van der Waals surface area contributed by atoms with Gasteiger partial charge in [-0.15, -0.1) is 0 Å². The molecule has 0 fully saturated rings. The summed E-state index contributed by atoms with van der Waals surface area (Å²) in [6.07, 6.45) is 2.30. The van der Waals surface area contributed by atoms with Gasteiger partial charge in [-0.25, -0.2) is 0 Å². The molecule has 2 aromatic carbocycles. The van der Waals surface area contributed by atoms with Crippen molar-refractivity contribution < 1.29 is 0 Å². The first-order chi connectivity index (χ1) is 10.2. The summed E-state index contributed by atoms with van der Waals surface area (Å²) < 4.78 is 0. The number of nitrogens with one attached hydrogen (secondary N) is 1. The summed E-state index contributed by atoms with van der Waals surface area (Å²) in [4.78, 5) is 2.38. The Bertz CT molecular complexity index is 639. The maximum atomic E-state index is 6.56. The number of halogens is 1. The first kappa shape index (κ1) is 14.4. The van der Waals surface area contributed by atoms with Crippen LogP contribution in [0.1, 0.15) is 24.5 Å². The van der Waals surface area contributed by atoms with E-state index in [4.69, 9.17) is 11.6 Å². The van der Waals surface area contributed by atoms with Crippen molar-refractivity contribution in [3.8, 4) is 0 Å². The maximum absolute atomic E-state index is 6.56. The summed E-state index contributed by atoms with van der Waals surface area (Å²) in [5.74, 6) is 0. The van der Waals surface area contributed by atoms with Crippen molar-refractivity contribution in [1.29, 1.82) is 0 Å². The van der Waals surface area contributed by atoms with E-state index in [-0.39, 0.29) is 0 Å². The van der Waals surface area contributed by atoms with Gasteiger partial charge in [-0.1, -0.05) is 35.9 Å². The Morgan fingerprint density at radius 1 is 1.19 bits per heavy atom. The fraction of sp³-hybridized carbons (Fsp3) is 0.333. The monoisotopic (exact) mass is 300 g/mol. The molecule has 0 bridgehead atoms. The highest BCUT2D eigenvalue weighted by atomic mass is 35.5. The topological polar surface area (TPSA) is 15.3 Å². The summed E-state index contributed by atoms with van der Waals surface area (Å²) in [6, 6.07) is 15.5. The smallest absolute Gasteiger partial charge is 0.0646 e. The van der Waals surface area contributed by atoms with Gasteiger partial charge in [0.05, 0.1) is 10.7 Å². The van der Waals surface area contributed by atoms with E-state index in [1.807, 2.05) is 7.05 Å². The number of hydrogen-bond acceptors (Lipinski definition) is 2. The van der Waals surface area contributed by atoms with Crippen molar-refractivity contribution in [3.05, 3.63) is 58.6 Å². The Balaban J connectivity index is 2.03. The lowest BCUT2D eigenvalue weighted by Crippen LogP contribution is -2.33. The van der Waals surface area contributed by atoms with Crippen molar-refractivity contribution in [2.75, 3.05) is 11.9 Å². The third kappa shape index (κ3) is 2.78. The first-order valence-corrected chi connectivity index (χ1v) is 7.88. The molecule has 21 heavy (non-hydrogen) atoms. The lowest BCUT2D eigenvalue weighted by molar-refractivity contribution is 0.618. The summed E-state index contributed by atoms with van der Waals surface area (Å²) >= 11 is 6.56. The molecule has 0 radical (unpaired) electrons. The minimum absolute atomic E-state index is 0.465. The van der Waals surface area contributed by atoms with Crippen LogP contribution in [-0.2, 0) is 13.0 Å². The van der Waals surface area contributed by atoms with Gasteiger partial charge in [0.15, 0.2) is 0 Å². The molecular weight excluding hydrogens is 280 g/mol. The van der Waals surface area contributed by atoms with Gasteiger partial charge >= 0.3 is 0 Å². The number of nitrogens with zero attached hydrogens (tertiary/aromatic N) is 1. The van der Waals surface area contributed by atoms with Crippen LogP contribution in [0.15, 0.2) is 42.5 Å². The molecule has 1 heterocycles. The molecule has 0 aromatic heterocycles. The fourth-order valence-corrected chi connectivity index (χ4v) is 3.41. The van der Waals surface area contributed by atoms with E-state index in [0.29, 0.717) is 6.04 Å². The molecule has 2 nitrogen and oxygen atoms in total. The second kappa shape index (κ2) is 6.08. The average Bonchev–Trinajstić information content (AvgIpc) is 2.49. The standard InChI is InChI=1S/C18H21ClN2/c1-13-7-9-15-5-3-4-6-17(15)21(13)18-10-8-14(12-20-2)11-16(18)19/h3-6,8,10-11,13,20H,7,9,12H2,1-2H3. The predicted molar refractivity (Wildman–Crippen MR) is 90.6 cm³/mol. The molecule has 1 N–H and O–H groups in total. The molecule has 0 spiro atoms. The second-order valence-corrected chi connectivity index (χ2v) is 6.11. The van der Waals surface area contributed by atoms with Crippen LogP contribution in [-0.4, -0.2) is 13.1 Å². The van der Waals surface area contributed by atoms with Crippen molar-refractivity contribution in [1.82, 2.24) is 5.32 Å². The van der Waals surface area contributed by atoms with E-state index in [0.717, 1.165) is 30.1 Å². The lowest BCUT2D eigenvalue weighted by atomic mass is 9.96. The number of aryl methyl sites for hydroxylation is 1. The largest absolute Gasteiger partial charge is 0.337 e. The Labute approximate surface area is 131 Å². The van der Waals surface area contributed by atoms with E-state index in [9.17, 15) is 0 Å². The Morgan fingerprint density at radius 3 is 2.76 bits per heavy atom. The van der Waals surface area contributed by atoms with E-state index in [2.05, 4.69) is 59.6 Å². The molecule has 1 aliphatic heterocycles. The highest BCUT2D eigenvalue weighted by Crippen LogP contribution is 2.40. The molecule has 1 unspecified atom stereocenters. The molecule has 2 aromatic rings. The van der Waals surface area contributed by atoms with Crippen LogP contribution in [0.5, 0.6) is 0 Å². The quantitative estimate of drug-likeness (QED) is 0.896. The Morgan fingerprint density at radius 2 is 2.00 bits per heavy atom. The summed E-state index contributed by atoms with van der Waals surface area (Å²) in [7, 11) is 1.95.